The number of nitriles is 1. The van der Waals surface area contributed by atoms with Gasteiger partial charge in [-0.2, -0.15) is 5.26 Å². The Balaban J connectivity index is 2.16. The van der Waals surface area contributed by atoms with Crippen LogP contribution in [0.2, 0.25) is 0 Å². The molecule has 25 heavy (non-hydrogen) atoms. The Morgan fingerprint density at radius 3 is 2.48 bits per heavy atom. The van der Waals surface area contributed by atoms with Crippen molar-refractivity contribution in [2.45, 2.75) is 39.7 Å². The number of nitrogens with zero attached hydrogens (tertiary/aromatic N) is 3. The van der Waals surface area contributed by atoms with Crippen molar-refractivity contribution in [1.29, 1.82) is 5.26 Å². The fourth-order valence-corrected chi connectivity index (χ4v) is 2.77. The molecule has 0 bridgehead atoms. The Kier molecular flexibility index (Phi) is 5.68. The van der Waals surface area contributed by atoms with Crippen molar-refractivity contribution in [3.8, 4) is 6.07 Å². The van der Waals surface area contributed by atoms with E-state index in [2.05, 4.69) is 11.0 Å². The molecular weight excluding hydrogens is 318 g/mol. The molecule has 134 valence electrons. The van der Waals surface area contributed by atoms with Crippen LogP contribution < -0.4 is 4.90 Å². The maximum atomic E-state index is 12.3. The Labute approximate surface area is 149 Å². The summed E-state index contributed by atoms with van der Waals surface area (Å²) >= 11 is 0. The number of Topliss-reactive ketones (excluding diaryl/α,β-unsaturated/α-hetero) is 1. The fourth-order valence-electron chi connectivity index (χ4n) is 2.77. The third kappa shape index (κ3) is 4.96. The molecule has 1 aromatic rings. The van der Waals surface area contributed by atoms with Crippen LogP contribution in [0.3, 0.4) is 0 Å². The van der Waals surface area contributed by atoms with Crippen LogP contribution in [0.5, 0.6) is 0 Å². The van der Waals surface area contributed by atoms with E-state index in [1.54, 1.807) is 23.1 Å². The van der Waals surface area contributed by atoms with Gasteiger partial charge in [0.15, 0.2) is 5.78 Å². The van der Waals surface area contributed by atoms with Crippen molar-refractivity contribution < 1.29 is 14.3 Å². The molecule has 2 rings (SSSR count). The van der Waals surface area contributed by atoms with Crippen LogP contribution >= 0.6 is 0 Å². The summed E-state index contributed by atoms with van der Waals surface area (Å²) in [4.78, 5) is 27.7. The van der Waals surface area contributed by atoms with Gasteiger partial charge in [-0.3, -0.25) is 4.79 Å². The number of amides is 1. The molecule has 0 spiro atoms. The number of ketones is 1. The minimum Gasteiger partial charge on any atom is -0.444 e. The van der Waals surface area contributed by atoms with Gasteiger partial charge in [-0.25, -0.2) is 4.79 Å². The van der Waals surface area contributed by atoms with Gasteiger partial charge in [-0.1, -0.05) is 0 Å². The van der Waals surface area contributed by atoms with E-state index < -0.39 is 5.60 Å². The van der Waals surface area contributed by atoms with E-state index in [0.29, 0.717) is 30.8 Å². The summed E-state index contributed by atoms with van der Waals surface area (Å²) in [5.74, 6) is -0.0315. The van der Waals surface area contributed by atoms with Crippen LogP contribution in [0.25, 0.3) is 0 Å². The third-order valence-corrected chi connectivity index (χ3v) is 4.01. The molecule has 1 aliphatic heterocycles. The maximum Gasteiger partial charge on any atom is 0.410 e. The molecule has 0 saturated carbocycles. The van der Waals surface area contributed by atoms with Gasteiger partial charge in [0.05, 0.1) is 11.3 Å². The topological polar surface area (TPSA) is 73.6 Å². The van der Waals surface area contributed by atoms with E-state index in [1.165, 1.54) is 6.92 Å². The van der Waals surface area contributed by atoms with Gasteiger partial charge < -0.3 is 14.5 Å². The number of hydrogen-bond donors (Lipinski definition) is 0. The Bertz CT molecular complexity index is 701. The van der Waals surface area contributed by atoms with Crippen LogP contribution in [-0.4, -0.2) is 48.6 Å². The zero-order valence-corrected chi connectivity index (χ0v) is 15.3. The molecule has 6 heteroatoms. The number of anilines is 1. The zero-order chi connectivity index (χ0) is 18.6. The zero-order valence-electron chi connectivity index (χ0n) is 15.3. The van der Waals surface area contributed by atoms with Gasteiger partial charge in [-0.15, -0.1) is 0 Å². The first-order chi connectivity index (χ1) is 11.7. The summed E-state index contributed by atoms with van der Waals surface area (Å²) in [5, 5.41) is 9.37. The second-order valence-corrected chi connectivity index (χ2v) is 7.21. The quantitative estimate of drug-likeness (QED) is 0.771. The first-order valence-corrected chi connectivity index (χ1v) is 8.49. The summed E-state index contributed by atoms with van der Waals surface area (Å²) in [6.45, 7) is 9.50. The molecule has 0 aromatic heterocycles. The van der Waals surface area contributed by atoms with Crippen LogP contribution in [0.15, 0.2) is 18.2 Å². The second kappa shape index (κ2) is 7.56. The van der Waals surface area contributed by atoms with Crippen LogP contribution in [0.1, 0.15) is 50.0 Å². The summed E-state index contributed by atoms with van der Waals surface area (Å²) in [5.41, 5.74) is 1.35. The summed E-state index contributed by atoms with van der Waals surface area (Å²) < 4.78 is 5.44. The first kappa shape index (κ1) is 18.8. The van der Waals surface area contributed by atoms with Crippen LogP contribution in [0.4, 0.5) is 10.5 Å². The number of ether oxygens (including phenoxy) is 1. The molecule has 1 fully saturated rings. The van der Waals surface area contributed by atoms with E-state index in [0.717, 1.165) is 18.7 Å². The molecule has 1 aromatic carbocycles. The number of benzene rings is 1. The monoisotopic (exact) mass is 343 g/mol. The molecule has 6 nitrogen and oxygen atoms in total. The molecule has 1 heterocycles. The minimum absolute atomic E-state index is 0.0315. The Hall–Kier alpha value is -2.55. The van der Waals surface area contributed by atoms with Crippen molar-refractivity contribution in [2.24, 2.45) is 0 Å². The van der Waals surface area contributed by atoms with Crippen molar-refractivity contribution in [1.82, 2.24) is 4.90 Å². The van der Waals surface area contributed by atoms with Gasteiger partial charge in [0.25, 0.3) is 0 Å². The van der Waals surface area contributed by atoms with E-state index in [-0.39, 0.29) is 11.9 Å². The number of hydrogen-bond acceptors (Lipinski definition) is 5. The number of rotatable bonds is 2. The van der Waals surface area contributed by atoms with Crippen molar-refractivity contribution in [2.75, 3.05) is 31.1 Å². The maximum absolute atomic E-state index is 12.3. The first-order valence-electron chi connectivity index (χ1n) is 8.49. The molecular formula is C19H25N3O3. The van der Waals surface area contributed by atoms with Crippen molar-refractivity contribution >= 4 is 17.6 Å². The predicted molar refractivity (Wildman–Crippen MR) is 95.8 cm³/mol. The average molecular weight is 343 g/mol. The van der Waals surface area contributed by atoms with Crippen LogP contribution in [-0.2, 0) is 4.74 Å². The highest BCUT2D eigenvalue weighted by molar-refractivity contribution is 5.95. The standard InChI is InChI=1S/C19H25N3O3/c1-14(23)15-6-7-16(13-20)17(12-15)21-8-5-9-22(11-10-21)18(24)25-19(2,3)4/h6-7,12H,5,8-11H2,1-4H3. The minimum atomic E-state index is -0.521. The third-order valence-electron chi connectivity index (χ3n) is 4.01. The molecule has 0 radical (unpaired) electrons. The Morgan fingerprint density at radius 2 is 1.88 bits per heavy atom. The van der Waals surface area contributed by atoms with Crippen molar-refractivity contribution in [3.05, 3.63) is 29.3 Å². The highest BCUT2D eigenvalue weighted by atomic mass is 16.6. The van der Waals surface area contributed by atoms with Gasteiger partial charge >= 0.3 is 6.09 Å². The number of carbonyl (C=O) groups is 2. The molecule has 1 saturated heterocycles. The molecule has 0 aliphatic carbocycles. The molecule has 1 aliphatic rings. The molecule has 0 unspecified atom stereocenters. The average Bonchev–Trinajstić information content (AvgIpc) is 2.78. The lowest BCUT2D eigenvalue weighted by molar-refractivity contribution is 0.0263. The van der Waals surface area contributed by atoms with Crippen LogP contribution in [0, 0.1) is 11.3 Å². The summed E-state index contributed by atoms with van der Waals surface area (Å²) in [7, 11) is 0. The van der Waals surface area contributed by atoms with E-state index in [4.69, 9.17) is 4.74 Å². The highest BCUT2D eigenvalue weighted by Gasteiger charge is 2.25. The largest absolute Gasteiger partial charge is 0.444 e. The molecule has 0 atom stereocenters. The predicted octanol–water partition coefficient (Wildman–Crippen LogP) is 3.21. The van der Waals surface area contributed by atoms with Gasteiger partial charge in [0, 0.05) is 31.7 Å². The number of carbonyl (C=O) groups excluding carboxylic acids is 2. The lowest BCUT2D eigenvalue weighted by Crippen LogP contribution is -2.39. The summed E-state index contributed by atoms with van der Waals surface area (Å²) in [6.07, 6.45) is 0.460. The van der Waals surface area contributed by atoms with Gasteiger partial charge in [0.1, 0.15) is 11.7 Å². The van der Waals surface area contributed by atoms with Crippen molar-refractivity contribution in [3.63, 3.8) is 0 Å². The molecule has 0 N–H and O–H groups in total. The molecule has 1 amide bonds. The van der Waals surface area contributed by atoms with Gasteiger partial charge in [-0.05, 0) is 52.3 Å². The smallest absolute Gasteiger partial charge is 0.410 e. The lowest BCUT2D eigenvalue weighted by Gasteiger charge is -2.27. The lowest BCUT2D eigenvalue weighted by atomic mass is 10.1. The summed E-state index contributed by atoms with van der Waals surface area (Å²) in [6, 6.07) is 7.31. The second-order valence-electron chi connectivity index (χ2n) is 7.21. The van der Waals surface area contributed by atoms with E-state index >= 15 is 0 Å². The van der Waals surface area contributed by atoms with E-state index in [9.17, 15) is 14.9 Å². The SMILES string of the molecule is CC(=O)c1ccc(C#N)c(N2CCCN(C(=O)OC(C)(C)C)CC2)c1. The fraction of sp³-hybridized carbons (Fsp3) is 0.526. The van der Waals surface area contributed by atoms with Gasteiger partial charge in [0.2, 0.25) is 0 Å². The van der Waals surface area contributed by atoms with E-state index in [1.807, 2.05) is 20.8 Å². The highest BCUT2D eigenvalue weighted by Crippen LogP contribution is 2.24. The normalized spacial score (nSPS) is 15.3. The Morgan fingerprint density at radius 1 is 1.16 bits per heavy atom.